The maximum absolute atomic E-state index is 5.93. The van der Waals surface area contributed by atoms with Gasteiger partial charge in [0, 0.05) is 0 Å². The number of unbranched alkanes of at least 4 members (excludes halogenated alkanes) is 2. The Hall–Kier alpha value is -2.02. The molecule has 2 aliphatic carbocycles. The van der Waals surface area contributed by atoms with Crippen LogP contribution in [0.3, 0.4) is 0 Å². The van der Waals surface area contributed by atoms with Crippen LogP contribution in [0.15, 0.2) is 55.1 Å². The smallest absolute Gasteiger partial charge is 0.119 e. The molecule has 0 aromatic heterocycles. The van der Waals surface area contributed by atoms with Crippen molar-refractivity contribution in [1.29, 1.82) is 0 Å². The number of allylic oxidation sites excluding steroid dienone is 1. The van der Waals surface area contributed by atoms with E-state index in [1.807, 2.05) is 6.08 Å². The second-order valence-electron chi connectivity index (χ2n) is 10.2. The summed E-state index contributed by atoms with van der Waals surface area (Å²) < 4.78 is 5.93. The van der Waals surface area contributed by atoms with Crippen molar-refractivity contribution < 1.29 is 4.74 Å². The largest absolute Gasteiger partial charge is 0.494 e. The molecule has 0 amide bonds. The summed E-state index contributed by atoms with van der Waals surface area (Å²) in [5, 5.41) is 0. The number of hydrogen-bond donors (Lipinski definition) is 0. The third kappa shape index (κ3) is 6.06. The summed E-state index contributed by atoms with van der Waals surface area (Å²) in [5.74, 6) is 3.46. The van der Waals surface area contributed by atoms with E-state index in [4.69, 9.17) is 4.74 Å². The highest BCUT2D eigenvalue weighted by Gasteiger charge is 2.24. The Labute approximate surface area is 196 Å². The maximum atomic E-state index is 5.93. The van der Waals surface area contributed by atoms with E-state index in [1.165, 1.54) is 68.1 Å². The average molecular weight is 431 g/mol. The van der Waals surface area contributed by atoms with Crippen LogP contribution < -0.4 is 4.74 Å². The van der Waals surface area contributed by atoms with Crippen LogP contribution in [0.5, 0.6) is 5.75 Å². The van der Waals surface area contributed by atoms with Gasteiger partial charge >= 0.3 is 0 Å². The van der Waals surface area contributed by atoms with Gasteiger partial charge in [-0.05, 0) is 110 Å². The topological polar surface area (TPSA) is 9.23 Å². The van der Waals surface area contributed by atoms with Crippen molar-refractivity contribution in [1.82, 2.24) is 0 Å². The molecular weight excluding hydrogens is 388 g/mol. The molecule has 2 aliphatic rings. The highest BCUT2D eigenvalue weighted by Crippen LogP contribution is 2.39. The number of rotatable bonds is 10. The van der Waals surface area contributed by atoms with Gasteiger partial charge in [-0.25, -0.2) is 0 Å². The summed E-state index contributed by atoms with van der Waals surface area (Å²) in [4.78, 5) is 0. The van der Waals surface area contributed by atoms with E-state index < -0.39 is 0 Å². The van der Waals surface area contributed by atoms with Crippen molar-refractivity contribution in [3.05, 3.63) is 77.4 Å². The van der Waals surface area contributed by atoms with Gasteiger partial charge in [-0.1, -0.05) is 62.6 Å². The van der Waals surface area contributed by atoms with Crippen molar-refractivity contribution in [2.75, 3.05) is 6.61 Å². The van der Waals surface area contributed by atoms with Gasteiger partial charge in [0.2, 0.25) is 0 Å². The molecular formula is C31H42O. The first kappa shape index (κ1) is 23.1. The van der Waals surface area contributed by atoms with Crippen molar-refractivity contribution in [3.63, 3.8) is 0 Å². The van der Waals surface area contributed by atoms with E-state index in [0.29, 0.717) is 5.92 Å². The number of hydrogen-bond acceptors (Lipinski definition) is 1. The highest BCUT2D eigenvalue weighted by molar-refractivity contribution is 5.40. The first-order chi connectivity index (χ1) is 15.8. The molecule has 0 aliphatic heterocycles. The lowest BCUT2D eigenvalue weighted by molar-refractivity contribution is 0.304. The van der Waals surface area contributed by atoms with Crippen molar-refractivity contribution in [3.8, 4) is 5.75 Å². The summed E-state index contributed by atoms with van der Waals surface area (Å²) in [7, 11) is 0. The molecule has 0 heterocycles. The van der Waals surface area contributed by atoms with Crippen molar-refractivity contribution in [2.24, 2.45) is 5.92 Å². The molecule has 1 fully saturated rings. The minimum absolute atomic E-state index is 0.653. The molecule has 0 saturated heterocycles. The zero-order valence-corrected chi connectivity index (χ0v) is 20.2. The van der Waals surface area contributed by atoms with Crippen LogP contribution in [0, 0.1) is 5.92 Å². The second kappa shape index (κ2) is 11.7. The van der Waals surface area contributed by atoms with Gasteiger partial charge in [-0.15, -0.1) is 6.58 Å². The molecule has 0 radical (unpaired) electrons. The number of aryl methyl sites for hydroxylation is 1. The molecule has 0 bridgehead atoms. The van der Waals surface area contributed by atoms with Gasteiger partial charge in [-0.3, -0.25) is 0 Å². The van der Waals surface area contributed by atoms with Crippen LogP contribution >= 0.6 is 0 Å². The first-order valence-electron chi connectivity index (χ1n) is 13.2. The molecule has 2 aromatic carbocycles. The molecule has 1 saturated carbocycles. The lowest BCUT2D eigenvalue weighted by Gasteiger charge is -2.29. The summed E-state index contributed by atoms with van der Waals surface area (Å²) in [6, 6.07) is 16.5. The number of benzene rings is 2. The van der Waals surface area contributed by atoms with E-state index in [0.717, 1.165) is 49.9 Å². The Morgan fingerprint density at radius 2 is 1.62 bits per heavy atom. The molecule has 32 heavy (non-hydrogen) atoms. The quantitative estimate of drug-likeness (QED) is 0.270. The molecule has 1 unspecified atom stereocenters. The normalized spacial score (nSPS) is 22.8. The van der Waals surface area contributed by atoms with Gasteiger partial charge in [0.15, 0.2) is 0 Å². The standard InChI is InChI=1S/C31H42O/c1-3-5-7-21-32-31-20-19-29-22-28(17-18-30(29)23-31)27-15-13-26(14-16-27)25-11-9-24(10-12-25)8-6-4-2/h3,13-16,19-20,23-25,28H,1,4-12,17-18,21-22H2,2H3. The predicted octanol–water partition coefficient (Wildman–Crippen LogP) is 8.77. The Morgan fingerprint density at radius 1 is 0.875 bits per heavy atom. The number of fused-ring (bicyclic) bond motifs is 1. The fourth-order valence-electron chi connectivity index (χ4n) is 5.84. The molecule has 1 atom stereocenters. The van der Waals surface area contributed by atoms with E-state index in [1.54, 1.807) is 5.56 Å². The molecule has 0 spiro atoms. The van der Waals surface area contributed by atoms with Gasteiger partial charge in [0.1, 0.15) is 5.75 Å². The van der Waals surface area contributed by atoms with Gasteiger partial charge in [0.25, 0.3) is 0 Å². The lowest BCUT2D eigenvalue weighted by atomic mass is 9.76. The van der Waals surface area contributed by atoms with Crippen LogP contribution in [-0.2, 0) is 12.8 Å². The Bertz CT molecular complexity index is 841. The Balaban J connectivity index is 1.30. The third-order valence-electron chi connectivity index (χ3n) is 7.92. The minimum atomic E-state index is 0.653. The maximum Gasteiger partial charge on any atom is 0.119 e. The van der Waals surface area contributed by atoms with Crippen LogP contribution in [-0.4, -0.2) is 6.61 Å². The highest BCUT2D eigenvalue weighted by atomic mass is 16.5. The minimum Gasteiger partial charge on any atom is -0.494 e. The Morgan fingerprint density at radius 3 is 2.34 bits per heavy atom. The van der Waals surface area contributed by atoms with Crippen molar-refractivity contribution >= 4 is 0 Å². The zero-order valence-electron chi connectivity index (χ0n) is 20.2. The van der Waals surface area contributed by atoms with Crippen LogP contribution in [0.4, 0.5) is 0 Å². The summed E-state index contributed by atoms with van der Waals surface area (Å²) in [6.07, 6.45) is 17.5. The monoisotopic (exact) mass is 430 g/mol. The van der Waals surface area contributed by atoms with Crippen molar-refractivity contribution in [2.45, 2.75) is 95.8 Å². The fraction of sp³-hybridized carbons (Fsp3) is 0.548. The Kier molecular flexibility index (Phi) is 8.49. The molecule has 172 valence electrons. The van der Waals surface area contributed by atoms with E-state index in [2.05, 4.69) is 56.0 Å². The molecule has 0 N–H and O–H groups in total. The van der Waals surface area contributed by atoms with E-state index in [-0.39, 0.29) is 0 Å². The third-order valence-corrected chi connectivity index (χ3v) is 7.92. The lowest BCUT2D eigenvalue weighted by Crippen LogP contribution is -2.14. The van der Waals surface area contributed by atoms with Gasteiger partial charge in [-0.2, -0.15) is 0 Å². The summed E-state index contributed by atoms with van der Waals surface area (Å²) in [5.41, 5.74) is 6.10. The molecule has 4 rings (SSSR count). The average Bonchev–Trinajstić information content (AvgIpc) is 2.85. The molecule has 1 nitrogen and oxygen atoms in total. The van der Waals surface area contributed by atoms with Gasteiger partial charge < -0.3 is 4.74 Å². The van der Waals surface area contributed by atoms with Crippen LogP contribution in [0.2, 0.25) is 0 Å². The second-order valence-corrected chi connectivity index (χ2v) is 10.2. The summed E-state index contributed by atoms with van der Waals surface area (Å²) >= 11 is 0. The number of ether oxygens (including phenoxy) is 1. The fourth-order valence-corrected chi connectivity index (χ4v) is 5.84. The van der Waals surface area contributed by atoms with Crippen LogP contribution in [0.1, 0.15) is 105 Å². The first-order valence-corrected chi connectivity index (χ1v) is 13.2. The summed E-state index contributed by atoms with van der Waals surface area (Å²) in [6.45, 7) is 6.87. The zero-order chi connectivity index (χ0) is 22.2. The predicted molar refractivity (Wildman–Crippen MR) is 137 cm³/mol. The SMILES string of the molecule is C=CCCCOc1ccc2c(c1)CCC(c1ccc(C3CCC(CCCC)CC3)cc1)C2. The van der Waals surface area contributed by atoms with Crippen LogP contribution in [0.25, 0.3) is 0 Å². The molecule has 2 aromatic rings. The van der Waals surface area contributed by atoms with Gasteiger partial charge in [0.05, 0.1) is 6.61 Å². The van der Waals surface area contributed by atoms with E-state index in [9.17, 15) is 0 Å². The molecule has 1 heteroatoms. The van der Waals surface area contributed by atoms with E-state index >= 15 is 0 Å².